The standard InChI is InChI=1S/C15H18N4O5/c1-5-8-7-16-11-9(13(21)19(4)15(23)18(11)3)10(8)17-12(20)14(22)24-6-2/h7H,5-6H2,1-4H3,(H,16,17,20). The van der Waals surface area contributed by atoms with Crippen molar-refractivity contribution in [1.82, 2.24) is 14.1 Å². The van der Waals surface area contributed by atoms with Gasteiger partial charge >= 0.3 is 17.6 Å². The molecule has 128 valence electrons. The van der Waals surface area contributed by atoms with E-state index in [4.69, 9.17) is 0 Å². The Labute approximate surface area is 136 Å². The number of hydrogen-bond acceptors (Lipinski definition) is 6. The molecule has 0 bridgehead atoms. The van der Waals surface area contributed by atoms with Crippen LogP contribution in [0.4, 0.5) is 5.69 Å². The first-order chi connectivity index (χ1) is 11.3. The van der Waals surface area contributed by atoms with Gasteiger partial charge in [0.2, 0.25) is 0 Å². The minimum absolute atomic E-state index is 0.0558. The lowest BCUT2D eigenvalue weighted by Gasteiger charge is -2.14. The number of carbonyl (C=O) groups is 2. The average Bonchev–Trinajstić information content (AvgIpc) is 2.57. The summed E-state index contributed by atoms with van der Waals surface area (Å²) >= 11 is 0. The largest absolute Gasteiger partial charge is 0.459 e. The van der Waals surface area contributed by atoms with Crippen LogP contribution < -0.4 is 16.6 Å². The number of hydrogen-bond donors (Lipinski definition) is 1. The Bertz CT molecular complexity index is 942. The summed E-state index contributed by atoms with van der Waals surface area (Å²) in [7, 11) is 2.80. The number of carbonyl (C=O) groups excluding carboxylic acids is 2. The van der Waals surface area contributed by atoms with Gasteiger partial charge in [-0.05, 0) is 18.9 Å². The van der Waals surface area contributed by atoms with Gasteiger partial charge in [-0.2, -0.15) is 0 Å². The topological polar surface area (TPSA) is 112 Å². The Morgan fingerprint density at radius 3 is 2.46 bits per heavy atom. The minimum Gasteiger partial charge on any atom is -0.459 e. The van der Waals surface area contributed by atoms with Crippen LogP contribution in [0.2, 0.25) is 0 Å². The van der Waals surface area contributed by atoms with Gasteiger partial charge in [-0.25, -0.2) is 14.6 Å². The molecule has 0 aliphatic heterocycles. The second-order valence-electron chi connectivity index (χ2n) is 5.09. The number of ether oxygens (including phenoxy) is 1. The lowest BCUT2D eigenvalue weighted by Crippen LogP contribution is -2.38. The third kappa shape index (κ3) is 2.80. The summed E-state index contributed by atoms with van der Waals surface area (Å²) in [6.45, 7) is 3.45. The highest BCUT2D eigenvalue weighted by Gasteiger charge is 2.21. The second-order valence-corrected chi connectivity index (χ2v) is 5.09. The number of nitrogens with zero attached hydrogens (tertiary/aromatic N) is 3. The van der Waals surface area contributed by atoms with Crippen molar-refractivity contribution in [3.05, 3.63) is 32.6 Å². The zero-order valence-electron chi connectivity index (χ0n) is 13.9. The third-order valence-corrected chi connectivity index (χ3v) is 3.63. The highest BCUT2D eigenvalue weighted by atomic mass is 16.5. The number of fused-ring (bicyclic) bond motifs is 1. The maximum absolute atomic E-state index is 12.5. The molecule has 0 spiro atoms. The zero-order valence-corrected chi connectivity index (χ0v) is 13.9. The Balaban J connectivity index is 2.76. The van der Waals surface area contributed by atoms with Crippen molar-refractivity contribution < 1.29 is 14.3 Å². The summed E-state index contributed by atoms with van der Waals surface area (Å²) in [4.78, 5) is 52.2. The van der Waals surface area contributed by atoms with Crippen molar-refractivity contribution in [2.75, 3.05) is 11.9 Å². The van der Waals surface area contributed by atoms with E-state index in [1.165, 1.54) is 24.9 Å². The quantitative estimate of drug-likeness (QED) is 0.609. The van der Waals surface area contributed by atoms with Crippen molar-refractivity contribution in [3.8, 4) is 0 Å². The van der Waals surface area contributed by atoms with Crippen LogP contribution in [0.25, 0.3) is 11.0 Å². The number of aromatic nitrogens is 3. The summed E-state index contributed by atoms with van der Waals surface area (Å²) in [6, 6.07) is 0. The summed E-state index contributed by atoms with van der Waals surface area (Å²) in [6.07, 6.45) is 1.93. The number of amides is 1. The number of pyridine rings is 1. The SMILES string of the molecule is CCOC(=O)C(=O)Nc1c(CC)cnc2c1c(=O)n(C)c(=O)n2C. The van der Waals surface area contributed by atoms with Gasteiger partial charge in [0.15, 0.2) is 5.65 Å². The molecule has 0 unspecified atom stereocenters. The molecule has 0 saturated heterocycles. The Hall–Kier alpha value is -2.97. The van der Waals surface area contributed by atoms with Crippen molar-refractivity contribution in [2.24, 2.45) is 14.1 Å². The van der Waals surface area contributed by atoms with Crippen LogP contribution in [0.1, 0.15) is 19.4 Å². The zero-order chi connectivity index (χ0) is 18.0. The van der Waals surface area contributed by atoms with E-state index in [1.807, 2.05) is 6.92 Å². The van der Waals surface area contributed by atoms with Crippen molar-refractivity contribution in [2.45, 2.75) is 20.3 Å². The maximum Gasteiger partial charge on any atom is 0.397 e. The predicted octanol–water partition coefficient (Wildman–Crippen LogP) is -0.304. The molecule has 1 N–H and O–H groups in total. The van der Waals surface area contributed by atoms with Crippen LogP contribution in [0, 0.1) is 0 Å². The Kier molecular flexibility index (Phi) is 4.82. The molecule has 0 radical (unpaired) electrons. The van der Waals surface area contributed by atoms with Crippen LogP contribution in [0.15, 0.2) is 15.8 Å². The van der Waals surface area contributed by atoms with E-state index in [1.54, 1.807) is 6.92 Å². The molecule has 9 heteroatoms. The summed E-state index contributed by atoms with van der Waals surface area (Å²) in [5, 5.41) is 2.49. The molecule has 24 heavy (non-hydrogen) atoms. The normalized spacial score (nSPS) is 10.7. The van der Waals surface area contributed by atoms with Crippen molar-refractivity contribution >= 4 is 28.6 Å². The fraction of sp³-hybridized carbons (Fsp3) is 0.400. The van der Waals surface area contributed by atoms with Gasteiger partial charge in [0.1, 0.15) is 5.39 Å². The molecule has 0 atom stereocenters. The highest BCUT2D eigenvalue weighted by molar-refractivity contribution is 6.38. The number of rotatable bonds is 3. The van der Waals surface area contributed by atoms with Gasteiger partial charge in [0, 0.05) is 20.3 Å². The lowest BCUT2D eigenvalue weighted by molar-refractivity contribution is -0.152. The molecule has 0 fully saturated rings. The van der Waals surface area contributed by atoms with Crippen LogP contribution in [0.3, 0.4) is 0 Å². The van der Waals surface area contributed by atoms with Crippen molar-refractivity contribution in [3.63, 3.8) is 0 Å². The molecule has 9 nitrogen and oxygen atoms in total. The molecular weight excluding hydrogens is 316 g/mol. The molecular formula is C15H18N4O5. The smallest absolute Gasteiger partial charge is 0.397 e. The minimum atomic E-state index is -1.05. The molecule has 0 aliphatic carbocycles. The van der Waals surface area contributed by atoms with E-state index < -0.39 is 23.1 Å². The third-order valence-electron chi connectivity index (χ3n) is 3.63. The number of nitrogens with one attached hydrogen (secondary N) is 1. The van der Waals surface area contributed by atoms with Gasteiger partial charge in [-0.15, -0.1) is 0 Å². The first-order valence-electron chi connectivity index (χ1n) is 7.39. The van der Waals surface area contributed by atoms with Gasteiger partial charge in [0.25, 0.3) is 5.56 Å². The van der Waals surface area contributed by atoms with E-state index in [-0.39, 0.29) is 23.3 Å². The van der Waals surface area contributed by atoms with Crippen LogP contribution in [-0.4, -0.2) is 32.6 Å². The highest BCUT2D eigenvalue weighted by Crippen LogP contribution is 2.23. The maximum atomic E-state index is 12.5. The molecule has 2 aromatic heterocycles. The molecule has 2 heterocycles. The molecule has 0 aromatic carbocycles. The molecule has 0 saturated carbocycles. The molecule has 0 aliphatic rings. The Morgan fingerprint density at radius 1 is 1.21 bits per heavy atom. The van der Waals surface area contributed by atoms with Gasteiger partial charge in [-0.3, -0.25) is 18.7 Å². The van der Waals surface area contributed by atoms with E-state index in [0.29, 0.717) is 12.0 Å². The van der Waals surface area contributed by atoms with Crippen LogP contribution >= 0.6 is 0 Å². The molecule has 2 aromatic rings. The lowest BCUT2D eigenvalue weighted by atomic mass is 10.1. The second kappa shape index (κ2) is 6.65. The number of esters is 1. The number of anilines is 1. The van der Waals surface area contributed by atoms with Gasteiger partial charge in [-0.1, -0.05) is 6.92 Å². The van der Waals surface area contributed by atoms with Crippen LogP contribution in [-0.2, 0) is 34.8 Å². The fourth-order valence-corrected chi connectivity index (χ4v) is 2.34. The van der Waals surface area contributed by atoms with E-state index in [9.17, 15) is 19.2 Å². The van der Waals surface area contributed by atoms with E-state index in [0.717, 1.165) is 4.57 Å². The fourth-order valence-electron chi connectivity index (χ4n) is 2.34. The van der Waals surface area contributed by atoms with Gasteiger partial charge in [0.05, 0.1) is 12.3 Å². The monoisotopic (exact) mass is 334 g/mol. The van der Waals surface area contributed by atoms with Crippen molar-refractivity contribution in [1.29, 1.82) is 0 Å². The van der Waals surface area contributed by atoms with E-state index in [2.05, 4.69) is 15.0 Å². The van der Waals surface area contributed by atoms with Gasteiger partial charge < -0.3 is 10.1 Å². The molecule has 1 amide bonds. The summed E-state index contributed by atoms with van der Waals surface area (Å²) in [5.74, 6) is -2.04. The summed E-state index contributed by atoms with van der Waals surface area (Å²) in [5.41, 5.74) is -0.283. The first-order valence-corrected chi connectivity index (χ1v) is 7.39. The molecule has 2 rings (SSSR count). The number of aryl methyl sites for hydroxylation is 2. The first kappa shape index (κ1) is 17.4. The predicted molar refractivity (Wildman–Crippen MR) is 86.9 cm³/mol. The van der Waals surface area contributed by atoms with Crippen LogP contribution in [0.5, 0.6) is 0 Å². The summed E-state index contributed by atoms with van der Waals surface area (Å²) < 4.78 is 6.78. The Morgan fingerprint density at radius 2 is 1.88 bits per heavy atom. The van der Waals surface area contributed by atoms with E-state index >= 15 is 0 Å². The average molecular weight is 334 g/mol.